The minimum absolute atomic E-state index is 0.0370. The van der Waals surface area contributed by atoms with E-state index in [2.05, 4.69) is 0 Å². The fourth-order valence-corrected chi connectivity index (χ4v) is 2.05. The van der Waals surface area contributed by atoms with Crippen molar-refractivity contribution in [2.45, 2.75) is 51.0 Å². The van der Waals surface area contributed by atoms with Gasteiger partial charge < -0.3 is 20.0 Å². The molecular formula is C12H22N2O4. The fourth-order valence-electron chi connectivity index (χ4n) is 2.05. The van der Waals surface area contributed by atoms with Gasteiger partial charge in [0, 0.05) is 14.1 Å². The van der Waals surface area contributed by atoms with E-state index in [1.807, 2.05) is 13.8 Å². The van der Waals surface area contributed by atoms with E-state index in [0.29, 0.717) is 0 Å². The highest BCUT2D eigenvalue weighted by molar-refractivity contribution is 5.92. The van der Waals surface area contributed by atoms with Crippen LogP contribution < -0.4 is 0 Å². The van der Waals surface area contributed by atoms with Crippen LogP contribution in [0.2, 0.25) is 0 Å². The van der Waals surface area contributed by atoms with Crippen LogP contribution in [0.5, 0.6) is 0 Å². The topological polar surface area (TPSA) is 81.1 Å². The highest BCUT2D eigenvalue weighted by Gasteiger charge is 2.52. The van der Waals surface area contributed by atoms with Crippen molar-refractivity contribution in [2.24, 2.45) is 0 Å². The minimum Gasteiger partial charge on any atom is -0.378 e. The van der Waals surface area contributed by atoms with E-state index in [9.17, 15) is 19.8 Å². The number of amides is 2. The van der Waals surface area contributed by atoms with Gasteiger partial charge in [-0.2, -0.15) is 0 Å². The van der Waals surface area contributed by atoms with Gasteiger partial charge in [0.2, 0.25) is 0 Å². The van der Waals surface area contributed by atoms with Crippen LogP contribution in [-0.2, 0) is 9.59 Å². The van der Waals surface area contributed by atoms with Crippen LogP contribution in [0.4, 0.5) is 0 Å². The third-order valence-corrected chi connectivity index (χ3v) is 4.30. The Balaban J connectivity index is 0.000000180. The van der Waals surface area contributed by atoms with Gasteiger partial charge in [0.1, 0.15) is 0 Å². The molecule has 0 aromatic carbocycles. The summed E-state index contributed by atoms with van der Waals surface area (Å²) >= 11 is 0. The van der Waals surface area contributed by atoms with Crippen molar-refractivity contribution >= 4 is 11.8 Å². The Bertz CT molecular complexity index is 342. The zero-order valence-electron chi connectivity index (χ0n) is 11.8. The van der Waals surface area contributed by atoms with Crippen LogP contribution in [0.25, 0.3) is 0 Å². The molecule has 6 heteroatoms. The number of carbonyl (C=O) groups excluding carboxylic acids is 2. The van der Waals surface area contributed by atoms with Crippen LogP contribution in [0.1, 0.15) is 27.7 Å². The molecule has 0 saturated carbocycles. The average molecular weight is 258 g/mol. The van der Waals surface area contributed by atoms with Crippen molar-refractivity contribution < 1.29 is 19.8 Å². The van der Waals surface area contributed by atoms with E-state index in [1.54, 1.807) is 27.9 Å². The Morgan fingerprint density at radius 2 is 1.11 bits per heavy atom. The van der Waals surface area contributed by atoms with Gasteiger partial charge in [-0.25, -0.2) is 0 Å². The zero-order valence-corrected chi connectivity index (χ0v) is 11.8. The first-order valence-electron chi connectivity index (χ1n) is 5.95. The van der Waals surface area contributed by atoms with Crippen molar-refractivity contribution in [3.63, 3.8) is 0 Å². The van der Waals surface area contributed by atoms with E-state index in [1.165, 1.54) is 9.80 Å². The second kappa shape index (κ2) is 4.20. The van der Waals surface area contributed by atoms with E-state index in [4.69, 9.17) is 0 Å². The van der Waals surface area contributed by atoms with E-state index in [-0.39, 0.29) is 23.9 Å². The number of rotatable bonds is 0. The third-order valence-electron chi connectivity index (χ3n) is 4.30. The standard InChI is InChI=1S/2C6H11NO2/c2*1-4-6(2,9)5(8)7(4)3/h2*4,9H,1-3H3/t2*4-,6+/m10/s1. The van der Waals surface area contributed by atoms with Crippen LogP contribution in [0.3, 0.4) is 0 Å². The summed E-state index contributed by atoms with van der Waals surface area (Å²) in [7, 11) is 3.37. The van der Waals surface area contributed by atoms with Gasteiger partial charge in [-0.15, -0.1) is 0 Å². The first-order chi connectivity index (χ1) is 7.95. The van der Waals surface area contributed by atoms with Gasteiger partial charge in [0.15, 0.2) is 11.2 Å². The number of nitrogens with zero attached hydrogens (tertiary/aromatic N) is 2. The molecule has 2 fully saturated rings. The van der Waals surface area contributed by atoms with E-state index < -0.39 is 11.2 Å². The van der Waals surface area contributed by atoms with Gasteiger partial charge >= 0.3 is 0 Å². The monoisotopic (exact) mass is 258 g/mol. The molecule has 2 aliphatic rings. The molecule has 2 saturated heterocycles. The molecule has 0 aliphatic carbocycles. The maximum Gasteiger partial charge on any atom is 0.256 e. The summed E-state index contributed by atoms with van der Waals surface area (Å²) in [5.41, 5.74) is -2.20. The molecule has 2 amide bonds. The molecule has 18 heavy (non-hydrogen) atoms. The number of carbonyl (C=O) groups is 2. The summed E-state index contributed by atoms with van der Waals surface area (Å²) in [6, 6.07) is -0.0741. The molecule has 104 valence electrons. The predicted octanol–water partition coefficient (Wildman–Crippen LogP) is -0.804. The summed E-state index contributed by atoms with van der Waals surface area (Å²) in [6.45, 7) is 6.72. The molecule has 6 nitrogen and oxygen atoms in total. The minimum atomic E-state index is -1.10. The van der Waals surface area contributed by atoms with E-state index in [0.717, 1.165) is 0 Å². The Labute approximate surface area is 107 Å². The summed E-state index contributed by atoms with van der Waals surface area (Å²) in [5, 5.41) is 18.5. The number of hydrogen-bond acceptors (Lipinski definition) is 4. The summed E-state index contributed by atoms with van der Waals surface area (Å²) < 4.78 is 0. The molecule has 0 unspecified atom stereocenters. The second-order valence-electron chi connectivity index (χ2n) is 5.48. The molecule has 0 bridgehead atoms. The molecule has 2 N–H and O–H groups in total. The SMILES string of the molecule is C[C@@H]1N(C)C(=O)[C@]1(C)O.C[C@H]1N(C)C(=O)[C@@]1(C)O. The van der Waals surface area contributed by atoms with Crippen LogP contribution in [0.15, 0.2) is 0 Å². The Kier molecular flexibility index (Phi) is 3.49. The van der Waals surface area contributed by atoms with Crippen LogP contribution in [0, 0.1) is 0 Å². The van der Waals surface area contributed by atoms with Crippen molar-refractivity contribution in [3.05, 3.63) is 0 Å². The normalized spacial score (nSPS) is 42.9. The largest absolute Gasteiger partial charge is 0.378 e. The lowest BCUT2D eigenvalue weighted by Crippen LogP contribution is -2.69. The van der Waals surface area contributed by atoms with Gasteiger partial charge in [-0.3, -0.25) is 9.59 Å². The molecule has 0 aromatic rings. The van der Waals surface area contributed by atoms with Crippen molar-refractivity contribution in [1.29, 1.82) is 0 Å². The summed E-state index contributed by atoms with van der Waals surface area (Å²) in [6.07, 6.45) is 0. The van der Waals surface area contributed by atoms with Crippen LogP contribution >= 0.6 is 0 Å². The first kappa shape index (κ1) is 14.9. The Hall–Kier alpha value is -1.14. The van der Waals surface area contributed by atoms with Gasteiger partial charge in [0.05, 0.1) is 12.1 Å². The van der Waals surface area contributed by atoms with Crippen LogP contribution in [-0.4, -0.2) is 69.2 Å². The Morgan fingerprint density at radius 1 is 0.889 bits per heavy atom. The number of hydrogen-bond donors (Lipinski definition) is 2. The first-order valence-corrected chi connectivity index (χ1v) is 5.95. The Morgan fingerprint density at radius 3 is 1.17 bits per heavy atom. The molecule has 2 aliphatic heterocycles. The summed E-state index contributed by atoms with van der Waals surface area (Å²) in [4.78, 5) is 24.6. The zero-order chi connectivity index (χ0) is 14.5. The number of aliphatic hydroxyl groups is 2. The lowest BCUT2D eigenvalue weighted by molar-refractivity contribution is -0.181. The fraction of sp³-hybridized carbons (Fsp3) is 0.833. The molecule has 4 atom stereocenters. The van der Waals surface area contributed by atoms with Crippen molar-refractivity contribution in [1.82, 2.24) is 9.80 Å². The molecule has 0 aromatic heterocycles. The predicted molar refractivity (Wildman–Crippen MR) is 65.7 cm³/mol. The maximum absolute atomic E-state index is 10.8. The molecule has 0 spiro atoms. The molecule has 0 radical (unpaired) electrons. The lowest BCUT2D eigenvalue weighted by atomic mass is 9.86. The van der Waals surface area contributed by atoms with Crippen molar-refractivity contribution in [2.75, 3.05) is 14.1 Å². The third kappa shape index (κ3) is 1.89. The van der Waals surface area contributed by atoms with Crippen molar-refractivity contribution in [3.8, 4) is 0 Å². The number of β-lactam (4-membered cyclic amide) rings is 2. The average Bonchev–Trinajstić information content (AvgIpc) is 2.34. The molecule has 2 heterocycles. The molecule has 2 rings (SSSR count). The summed E-state index contributed by atoms with van der Waals surface area (Å²) in [5.74, 6) is -0.370. The highest BCUT2D eigenvalue weighted by atomic mass is 16.3. The molecular weight excluding hydrogens is 236 g/mol. The maximum atomic E-state index is 10.8. The van der Waals surface area contributed by atoms with E-state index >= 15 is 0 Å². The quantitative estimate of drug-likeness (QED) is 0.557. The van der Waals surface area contributed by atoms with Gasteiger partial charge in [-0.05, 0) is 27.7 Å². The number of likely N-dealkylation sites (tertiary alicyclic amines) is 2. The second-order valence-corrected chi connectivity index (χ2v) is 5.48. The lowest BCUT2D eigenvalue weighted by Gasteiger charge is -2.47. The highest BCUT2D eigenvalue weighted by Crippen LogP contribution is 2.28. The smallest absolute Gasteiger partial charge is 0.256 e. The van der Waals surface area contributed by atoms with Gasteiger partial charge in [0.25, 0.3) is 11.8 Å². The van der Waals surface area contributed by atoms with Gasteiger partial charge in [-0.1, -0.05) is 0 Å². The number of likely N-dealkylation sites (N-methyl/N-ethyl adjacent to an activating group) is 2.